The lowest BCUT2D eigenvalue weighted by molar-refractivity contribution is 0.0635. The van der Waals surface area contributed by atoms with Crippen molar-refractivity contribution in [2.24, 2.45) is 0 Å². The van der Waals surface area contributed by atoms with Gasteiger partial charge in [0.15, 0.2) is 5.82 Å². The van der Waals surface area contributed by atoms with Crippen molar-refractivity contribution in [3.05, 3.63) is 18.3 Å². The predicted molar refractivity (Wildman–Crippen MR) is 73.9 cm³/mol. The van der Waals surface area contributed by atoms with Gasteiger partial charge in [-0.05, 0) is 33.6 Å². The van der Waals surface area contributed by atoms with Crippen molar-refractivity contribution in [3.63, 3.8) is 0 Å². The molecule has 0 aliphatic rings. The molecule has 0 aliphatic heterocycles. The quantitative estimate of drug-likeness (QED) is 0.832. The molecule has 0 fully saturated rings. The van der Waals surface area contributed by atoms with Crippen molar-refractivity contribution in [3.8, 4) is 0 Å². The number of hydrogen-bond donors (Lipinski definition) is 1. The van der Waals surface area contributed by atoms with Gasteiger partial charge in [0, 0.05) is 6.54 Å². The van der Waals surface area contributed by atoms with Crippen molar-refractivity contribution in [2.45, 2.75) is 52.7 Å². The molecule has 0 radical (unpaired) electrons. The van der Waals surface area contributed by atoms with Gasteiger partial charge in [0.05, 0.1) is 6.20 Å². The van der Waals surface area contributed by atoms with Gasteiger partial charge in [0.1, 0.15) is 5.60 Å². The first-order chi connectivity index (χ1) is 8.90. The Kier molecular flexibility index (Phi) is 5.54. The van der Waals surface area contributed by atoms with Crippen LogP contribution in [0.15, 0.2) is 18.3 Å². The Labute approximate surface area is 113 Å². The Morgan fingerprint density at radius 1 is 1.47 bits per heavy atom. The van der Waals surface area contributed by atoms with Gasteiger partial charge in [0.2, 0.25) is 0 Å². The Morgan fingerprint density at radius 2 is 2.21 bits per heavy atom. The molecule has 0 spiro atoms. The van der Waals surface area contributed by atoms with E-state index in [2.05, 4.69) is 34.7 Å². The number of anilines is 1. The van der Waals surface area contributed by atoms with E-state index in [1.807, 2.05) is 20.8 Å². The van der Waals surface area contributed by atoms with E-state index in [0.717, 1.165) is 19.4 Å². The average molecular weight is 266 g/mol. The van der Waals surface area contributed by atoms with Gasteiger partial charge in [-0.15, -0.1) is 5.10 Å². The molecule has 1 amide bonds. The number of hydrogen-bond acceptors (Lipinski definition) is 4. The first-order valence-corrected chi connectivity index (χ1v) is 6.46. The highest BCUT2D eigenvalue weighted by molar-refractivity contribution is 5.83. The van der Waals surface area contributed by atoms with Crippen molar-refractivity contribution < 1.29 is 9.53 Å². The fraction of sp³-hybridized carbons (Fsp3) is 0.615. The monoisotopic (exact) mass is 266 g/mol. The molecule has 0 bridgehead atoms. The largest absolute Gasteiger partial charge is 0.444 e. The van der Waals surface area contributed by atoms with Gasteiger partial charge in [-0.1, -0.05) is 24.3 Å². The van der Waals surface area contributed by atoms with E-state index in [1.165, 1.54) is 0 Å². The zero-order valence-corrected chi connectivity index (χ0v) is 12.0. The Morgan fingerprint density at radius 3 is 2.84 bits per heavy atom. The fourth-order valence-electron chi connectivity index (χ4n) is 1.36. The lowest BCUT2D eigenvalue weighted by Crippen LogP contribution is -2.27. The van der Waals surface area contributed by atoms with Gasteiger partial charge in [-0.2, -0.15) is 0 Å². The van der Waals surface area contributed by atoms with E-state index in [9.17, 15) is 4.79 Å². The van der Waals surface area contributed by atoms with Crippen molar-refractivity contribution in [2.75, 3.05) is 5.32 Å². The molecule has 1 aromatic heterocycles. The topological polar surface area (TPSA) is 69.0 Å². The summed E-state index contributed by atoms with van der Waals surface area (Å²) in [5, 5.41) is 10.3. The zero-order chi connectivity index (χ0) is 14.3. The number of allylic oxidation sites excluding steroid dienone is 2. The lowest BCUT2D eigenvalue weighted by atomic mass is 10.2. The standard InChI is InChI=1S/C13H22N4O2/c1-5-6-7-8-9-17-10-11(15-16-17)14-12(18)19-13(2,3)4/h6-7,10H,5,8-9H2,1-4H3,(H,14,18)/b7-6+. The van der Waals surface area contributed by atoms with Crippen molar-refractivity contribution in [1.82, 2.24) is 15.0 Å². The number of nitrogens with one attached hydrogen (secondary N) is 1. The number of rotatable bonds is 5. The molecule has 1 rings (SSSR count). The van der Waals surface area contributed by atoms with Gasteiger partial charge in [0.25, 0.3) is 0 Å². The smallest absolute Gasteiger partial charge is 0.413 e. The summed E-state index contributed by atoms with van der Waals surface area (Å²) in [6.07, 6.45) is 7.29. The van der Waals surface area contributed by atoms with Crippen LogP contribution in [0.25, 0.3) is 0 Å². The molecule has 1 heterocycles. The molecule has 19 heavy (non-hydrogen) atoms. The maximum absolute atomic E-state index is 11.5. The van der Waals surface area contributed by atoms with Crippen LogP contribution in [0, 0.1) is 0 Å². The number of nitrogens with zero attached hydrogens (tertiary/aromatic N) is 3. The summed E-state index contributed by atoms with van der Waals surface area (Å²) >= 11 is 0. The maximum Gasteiger partial charge on any atom is 0.413 e. The third kappa shape index (κ3) is 6.59. The average Bonchev–Trinajstić information content (AvgIpc) is 2.69. The van der Waals surface area contributed by atoms with Crippen molar-refractivity contribution >= 4 is 11.9 Å². The third-order valence-electron chi connectivity index (χ3n) is 2.09. The molecule has 0 saturated heterocycles. The number of carbonyl (C=O) groups is 1. The Bertz CT molecular complexity index is 432. The molecule has 106 valence electrons. The molecule has 0 aromatic carbocycles. The number of carbonyl (C=O) groups excluding carboxylic acids is 1. The van der Waals surface area contributed by atoms with E-state index in [-0.39, 0.29) is 0 Å². The highest BCUT2D eigenvalue weighted by Crippen LogP contribution is 2.09. The number of aryl methyl sites for hydroxylation is 1. The first-order valence-electron chi connectivity index (χ1n) is 6.46. The van der Waals surface area contributed by atoms with Crippen LogP contribution in [0.2, 0.25) is 0 Å². The minimum Gasteiger partial charge on any atom is -0.444 e. The number of aromatic nitrogens is 3. The molecule has 0 atom stereocenters. The van der Waals surface area contributed by atoms with Crippen LogP contribution in [0.3, 0.4) is 0 Å². The van der Waals surface area contributed by atoms with Crippen LogP contribution in [0.5, 0.6) is 0 Å². The van der Waals surface area contributed by atoms with Gasteiger partial charge in [-0.25, -0.2) is 4.79 Å². The first kappa shape index (κ1) is 15.2. The molecule has 0 aliphatic carbocycles. The molecule has 6 nitrogen and oxygen atoms in total. The van der Waals surface area contributed by atoms with Crippen LogP contribution in [0.4, 0.5) is 10.6 Å². The summed E-state index contributed by atoms with van der Waals surface area (Å²) in [5.74, 6) is 0.397. The molecule has 1 N–H and O–H groups in total. The van der Waals surface area contributed by atoms with E-state index >= 15 is 0 Å². The lowest BCUT2D eigenvalue weighted by Gasteiger charge is -2.18. The van der Waals surface area contributed by atoms with E-state index < -0.39 is 11.7 Å². The summed E-state index contributed by atoms with van der Waals surface area (Å²) in [5.41, 5.74) is -0.523. The molecule has 0 unspecified atom stereocenters. The molecular weight excluding hydrogens is 244 g/mol. The Balaban J connectivity index is 2.42. The second kappa shape index (κ2) is 6.92. The van der Waals surface area contributed by atoms with Crippen LogP contribution in [0.1, 0.15) is 40.5 Å². The van der Waals surface area contributed by atoms with Gasteiger partial charge < -0.3 is 4.74 Å². The fourth-order valence-corrected chi connectivity index (χ4v) is 1.36. The van der Waals surface area contributed by atoms with Crippen LogP contribution < -0.4 is 5.32 Å². The van der Waals surface area contributed by atoms with E-state index in [0.29, 0.717) is 5.82 Å². The maximum atomic E-state index is 11.5. The minimum atomic E-state index is -0.523. The summed E-state index contributed by atoms with van der Waals surface area (Å²) in [6, 6.07) is 0. The van der Waals surface area contributed by atoms with Gasteiger partial charge >= 0.3 is 6.09 Å². The van der Waals surface area contributed by atoms with Crippen molar-refractivity contribution in [1.29, 1.82) is 0 Å². The van der Waals surface area contributed by atoms with Crippen LogP contribution in [-0.4, -0.2) is 26.7 Å². The summed E-state index contributed by atoms with van der Waals surface area (Å²) in [4.78, 5) is 11.5. The Hall–Kier alpha value is -1.85. The number of ether oxygens (including phenoxy) is 1. The summed E-state index contributed by atoms with van der Waals surface area (Å²) < 4.78 is 6.81. The van der Waals surface area contributed by atoms with E-state index in [1.54, 1.807) is 10.9 Å². The molecule has 1 aromatic rings. The number of amides is 1. The minimum absolute atomic E-state index is 0.397. The van der Waals surface area contributed by atoms with Crippen LogP contribution >= 0.6 is 0 Å². The molecular formula is C13H22N4O2. The second-order valence-corrected chi connectivity index (χ2v) is 5.16. The summed E-state index contributed by atoms with van der Waals surface area (Å²) in [7, 11) is 0. The summed E-state index contributed by atoms with van der Waals surface area (Å²) in [6.45, 7) is 8.25. The zero-order valence-electron chi connectivity index (χ0n) is 12.0. The second-order valence-electron chi connectivity index (χ2n) is 5.16. The predicted octanol–water partition coefficient (Wildman–Crippen LogP) is 2.98. The highest BCUT2D eigenvalue weighted by Gasteiger charge is 2.17. The van der Waals surface area contributed by atoms with E-state index in [4.69, 9.17) is 4.74 Å². The van der Waals surface area contributed by atoms with Crippen LogP contribution in [-0.2, 0) is 11.3 Å². The SMILES string of the molecule is CC/C=C/CCn1cc(NC(=O)OC(C)(C)C)nn1. The molecule has 0 saturated carbocycles. The van der Waals surface area contributed by atoms with Gasteiger partial charge in [-0.3, -0.25) is 10.00 Å². The third-order valence-corrected chi connectivity index (χ3v) is 2.09. The highest BCUT2D eigenvalue weighted by atomic mass is 16.6. The molecule has 6 heteroatoms. The normalized spacial score (nSPS) is 11.8.